The molecule has 2 nitrogen and oxygen atoms in total. The van der Waals surface area contributed by atoms with Crippen molar-refractivity contribution < 1.29 is 18.3 Å². The summed E-state index contributed by atoms with van der Waals surface area (Å²) in [6, 6.07) is 3.78. The third-order valence-corrected chi connectivity index (χ3v) is 1.58. The lowest BCUT2D eigenvalue weighted by atomic mass is 10.1. The van der Waals surface area contributed by atoms with Gasteiger partial charge in [-0.05, 0) is 24.1 Å². The van der Waals surface area contributed by atoms with Crippen LogP contribution in [0.25, 0.3) is 0 Å². The SMILES string of the molecule is N#CC#Cc1cc(C(F)(F)F)ccc1O. The Bertz CT molecular complexity index is 474. The van der Waals surface area contributed by atoms with Gasteiger partial charge in [0, 0.05) is 5.92 Å². The fourth-order valence-corrected chi connectivity index (χ4v) is 0.908. The smallest absolute Gasteiger partial charge is 0.416 e. The first kappa shape index (κ1) is 10.9. The first-order valence-electron chi connectivity index (χ1n) is 3.75. The van der Waals surface area contributed by atoms with Gasteiger partial charge in [0.2, 0.25) is 0 Å². The zero-order valence-electron chi connectivity index (χ0n) is 7.26. The number of aromatic hydroxyl groups is 1. The average Bonchev–Trinajstić information content (AvgIpc) is 2.15. The molecule has 0 spiro atoms. The van der Waals surface area contributed by atoms with Gasteiger partial charge in [0.15, 0.2) is 6.07 Å². The van der Waals surface area contributed by atoms with E-state index in [0.29, 0.717) is 6.07 Å². The molecule has 0 saturated heterocycles. The van der Waals surface area contributed by atoms with E-state index in [-0.39, 0.29) is 11.3 Å². The van der Waals surface area contributed by atoms with E-state index in [4.69, 9.17) is 10.4 Å². The molecule has 0 amide bonds. The third-order valence-electron chi connectivity index (χ3n) is 1.58. The normalized spacial score (nSPS) is 10.0. The van der Waals surface area contributed by atoms with E-state index >= 15 is 0 Å². The highest BCUT2D eigenvalue weighted by molar-refractivity contribution is 5.49. The van der Waals surface area contributed by atoms with Gasteiger partial charge in [-0.1, -0.05) is 0 Å². The Hall–Kier alpha value is -2.14. The molecule has 1 aromatic carbocycles. The number of halogens is 3. The molecule has 0 fully saturated rings. The minimum absolute atomic E-state index is 0.216. The summed E-state index contributed by atoms with van der Waals surface area (Å²) in [6.45, 7) is 0. The lowest BCUT2D eigenvalue weighted by Gasteiger charge is -2.07. The minimum atomic E-state index is -4.49. The molecule has 0 aliphatic carbocycles. The van der Waals surface area contributed by atoms with Crippen LogP contribution >= 0.6 is 0 Å². The van der Waals surface area contributed by atoms with Crippen LogP contribution in [0.2, 0.25) is 0 Å². The van der Waals surface area contributed by atoms with Crippen molar-refractivity contribution in [2.75, 3.05) is 0 Å². The van der Waals surface area contributed by atoms with Gasteiger partial charge in [-0.15, -0.1) is 0 Å². The zero-order chi connectivity index (χ0) is 11.5. The monoisotopic (exact) mass is 211 g/mol. The van der Waals surface area contributed by atoms with Crippen LogP contribution in [-0.2, 0) is 6.18 Å². The van der Waals surface area contributed by atoms with Crippen LogP contribution in [0.3, 0.4) is 0 Å². The molecular weight excluding hydrogens is 207 g/mol. The van der Waals surface area contributed by atoms with Crippen molar-refractivity contribution in [3.63, 3.8) is 0 Å². The van der Waals surface area contributed by atoms with Gasteiger partial charge >= 0.3 is 6.18 Å². The summed E-state index contributed by atoms with van der Waals surface area (Å²) >= 11 is 0. The molecule has 76 valence electrons. The standard InChI is InChI=1S/C10H4F3NO/c11-10(12,13)8-3-4-9(15)7(6-8)2-1-5-14/h3-4,6,15H. The quantitative estimate of drug-likeness (QED) is 0.669. The van der Waals surface area contributed by atoms with E-state index in [9.17, 15) is 13.2 Å². The molecule has 0 heterocycles. The highest BCUT2D eigenvalue weighted by atomic mass is 19.4. The Morgan fingerprint density at radius 3 is 2.47 bits per heavy atom. The summed E-state index contributed by atoms with van der Waals surface area (Å²) in [7, 11) is 0. The van der Waals surface area contributed by atoms with Crippen molar-refractivity contribution in [2.24, 2.45) is 0 Å². The Morgan fingerprint density at radius 1 is 1.27 bits per heavy atom. The second kappa shape index (κ2) is 3.93. The second-order valence-electron chi connectivity index (χ2n) is 2.59. The van der Waals surface area contributed by atoms with Gasteiger partial charge in [0.1, 0.15) is 5.75 Å². The van der Waals surface area contributed by atoms with Gasteiger partial charge in [0.05, 0.1) is 11.1 Å². The Balaban J connectivity index is 3.24. The van der Waals surface area contributed by atoms with Gasteiger partial charge in [-0.2, -0.15) is 18.4 Å². The number of benzene rings is 1. The van der Waals surface area contributed by atoms with Crippen LogP contribution in [0, 0.1) is 23.2 Å². The van der Waals surface area contributed by atoms with Crippen molar-refractivity contribution in [1.29, 1.82) is 5.26 Å². The first-order chi connectivity index (χ1) is 6.95. The van der Waals surface area contributed by atoms with E-state index in [0.717, 1.165) is 12.1 Å². The Morgan fingerprint density at radius 2 is 1.93 bits per heavy atom. The molecule has 0 radical (unpaired) electrons. The predicted molar refractivity (Wildman–Crippen MR) is 45.6 cm³/mol. The van der Waals surface area contributed by atoms with Crippen molar-refractivity contribution in [3.8, 4) is 23.7 Å². The molecular formula is C10H4F3NO. The number of alkyl halides is 3. The second-order valence-corrected chi connectivity index (χ2v) is 2.59. The maximum Gasteiger partial charge on any atom is 0.416 e. The molecule has 0 aliphatic rings. The van der Waals surface area contributed by atoms with Crippen LogP contribution in [-0.4, -0.2) is 5.11 Å². The molecule has 0 atom stereocenters. The molecule has 5 heteroatoms. The van der Waals surface area contributed by atoms with E-state index in [2.05, 4.69) is 5.92 Å². The number of rotatable bonds is 0. The van der Waals surface area contributed by atoms with E-state index in [1.807, 2.05) is 5.92 Å². The predicted octanol–water partition coefficient (Wildman–Crippen LogP) is 2.29. The first-order valence-corrected chi connectivity index (χ1v) is 3.75. The van der Waals surface area contributed by atoms with Crippen LogP contribution in [0.5, 0.6) is 5.75 Å². The fourth-order valence-electron chi connectivity index (χ4n) is 0.908. The van der Waals surface area contributed by atoms with E-state index < -0.39 is 11.7 Å². The topological polar surface area (TPSA) is 44.0 Å². The van der Waals surface area contributed by atoms with Crippen LogP contribution in [0.4, 0.5) is 13.2 Å². The highest BCUT2D eigenvalue weighted by Gasteiger charge is 2.30. The summed E-state index contributed by atoms with van der Waals surface area (Å²) in [5, 5.41) is 17.3. The molecule has 1 aromatic rings. The summed E-state index contributed by atoms with van der Waals surface area (Å²) in [5.74, 6) is 3.64. The largest absolute Gasteiger partial charge is 0.507 e. The molecule has 0 saturated carbocycles. The summed E-state index contributed by atoms with van der Waals surface area (Å²) in [4.78, 5) is 0. The summed E-state index contributed by atoms with van der Waals surface area (Å²) < 4.78 is 36.7. The zero-order valence-corrected chi connectivity index (χ0v) is 7.26. The number of phenolic OH excluding ortho intramolecular Hbond substituents is 1. The van der Waals surface area contributed by atoms with Crippen LogP contribution < -0.4 is 0 Å². The Kier molecular flexibility index (Phi) is 2.87. The van der Waals surface area contributed by atoms with Gasteiger partial charge < -0.3 is 5.11 Å². The third kappa shape index (κ3) is 2.65. The van der Waals surface area contributed by atoms with E-state index in [1.54, 1.807) is 0 Å². The van der Waals surface area contributed by atoms with Gasteiger partial charge in [-0.25, -0.2) is 0 Å². The molecule has 0 unspecified atom stereocenters. The van der Waals surface area contributed by atoms with Crippen molar-refractivity contribution in [1.82, 2.24) is 0 Å². The maximum atomic E-state index is 12.2. The van der Waals surface area contributed by atoms with Crippen LogP contribution in [0.15, 0.2) is 18.2 Å². The molecule has 1 N–H and O–H groups in total. The van der Waals surface area contributed by atoms with Crippen LogP contribution in [0.1, 0.15) is 11.1 Å². The van der Waals surface area contributed by atoms with Gasteiger partial charge in [0.25, 0.3) is 0 Å². The molecule has 0 aromatic heterocycles. The molecule has 15 heavy (non-hydrogen) atoms. The summed E-state index contributed by atoms with van der Waals surface area (Å²) in [6.07, 6.45) is -4.49. The number of hydrogen-bond acceptors (Lipinski definition) is 2. The number of hydrogen-bond donors (Lipinski definition) is 1. The number of nitrogens with zero attached hydrogens (tertiary/aromatic N) is 1. The number of phenols is 1. The van der Waals surface area contributed by atoms with Crippen molar-refractivity contribution in [2.45, 2.75) is 6.18 Å². The van der Waals surface area contributed by atoms with Crippen molar-refractivity contribution >= 4 is 0 Å². The molecule has 0 bridgehead atoms. The fraction of sp³-hybridized carbons (Fsp3) is 0.100. The lowest BCUT2D eigenvalue weighted by Crippen LogP contribution is -2.04. The lowest BCUT2D eigenvalue weighted by molar-refractivity contribution is -0.137. The number of nitriles is 1. The van der Waals surface area contributed by atoms with Gasteiger partial charge in [-0.3, -0.25) is 0 Å². The average molecular weight is 211 g/mol. The van der Waals surface area contributed by atoms with E-state index in [1.165, 1.54) is 6.07 Å². The highest BCUT2D eigenvalue weighted by Crippen LogP contribution is 2.31. The maximum absolute atomic E-state index is 12.2. The molecule has 1 rings (SSSR count). The minimum Gasteiger partial charge on any atom is -0.507 e. The van der Waals surface area contributed by atoms with Crippen molar-refractivity contribution in [3.05, 3.63) is 29.3 Å². The Labute approximate surface area is 83.6 Å². The summed E-state index contributed by atoms with van der Waals surface area (Å²) in [5.41, 5.74) is -1.13. The molecule has 0 aliphatic heterocycles.